The monoisotopic (exact) mass is 270 g/mol. The van der Waals surface area contributed by atoms with E-state index in [9.17, 15) is 9.18 Å². The SMILES string of the molecule is COc1cc2c(c(CC(C)(C)C(=O)O)c1F)OCO2. The van der Waals surface area contributed by atoms with Crippen LogP contribution in [0.15, 0.2) is 6.07 Å². The summed E-state index contributed by atoms with van der Waals surface area (Å²) < 4.78 is 29.6. The fourth-order valence-electron chi connectivity index (χ4n) is 1.89. The summed E-state index contributed by atoms with van der Waals surface area (Å²) in [6.45, 7) is 3.04. The van der Waals surface area contributed by atoms with Gasteiger partial charge in [-0.2, -0.15) is 0 Å². The Bertz CT molecular complexity index is 524. The molecule has 1 heterocycles. The van der Waals surface area contributed by atoms with Gasteiger partial charge >= 0.3 is 5.97 Å². The normalized spacial score (nSPS) is 13.5. The van der Waals surface area contributed by atoms with E-state index >= 15 is 0 Å². The lowest BCUT2D eigenvalue weighted by atomic mass is 9.85. The van der Waals surface area contributed by atoms with Gasteiger partial charge in [0.05, 0.1) is 12.5 Å². The topological polar surface area (TPSA) is 65.0 Å². The number of ether oxygens (including phenoxy) is 3. The van der Waals surface area contributed by atoms with Crippen LogP contribution in [0.3, 0.4) is 0 Å². The maximum atomic E-state index is 14.3. The Kier molecular flexibility index (Phi) is 3.26. The molecule has 0 saturated heterocycles. The number of carbonyl (C=O) groups is 1. The third kappa shape index (κ3) is 2.30. The van der Waals surface area contributed by atoms with Crippen molar-refractivity contribution in [3.05, 3.63) is 17.4 Å². The van der Waals surface area contributed by atoms with Crippen LogP contribution >= 0.6 is 0 Å². The van der Waals surface area contributed by atoms with Crippen LogP contribution in [-0.4, -0.2) is 25.0 Å². The highest BCUT2D eigenvalue weighted by molar-refractivity contribution is 5.74. The number of methoxy groups -OCH3 is 1. The predicted octanol–water partition coefficient (Wildman–Crippen LogP) is 2.22. The van der Waals surface area contributed by atoms with Crippen molar-refractivity contribution in [2.45, 2.75) is 20.3 Å². The molecule has 1 N–H and O–H groups in total. The van der Waals surface area contributed by atoms with E-state index in [-0.39, 0.29) is 30.3 Å². The molecule has 1 aliphatic rings. The van der Waals surface area contributed by atoms with Gasteiger partial charge in [-0.15, -0.1) is 0 Å². The van der Waals surface area contributed by atoms with Gasteiger partial charge in [0.15, 0.2) is 23.1 Å². The van der Waals surface area contributed by atoms with E-state index in [0.29, 0.717) is 5.75 Å². The second kappa shape index (κ2) is 4.60. The van der Waals surface area contributed by atoms with Crippen molar-refractivity contribution in [1.82, 2.24) is 0 Å². The van der Waals surface area contributed by atoms with Gasteiger partial charge in [0.1, 0.15) is 0 Å². The Morgan fingerprint density at radius 1 is 1.53 bits per heavy atom. The average Bonchev–Trinajstić information content (AvgIpc) is 2.80. The zero-order valence-corrected chi connectivity index (χ0v) is 10.9. The van der Waals surface area contributed by atoms with E-state index in [0.717, 1.165) is 0 Å². The van der Waals surface area contributed by atoms with Crippen LogP contribution < -0.4 is 14.2 Å². The maximum Gasteiger partial charge on any atom is 0.309 e. The number of carboxylic acid groups (broad SMARTS) is 1. The first-order valence-electron chi connectivity index (χ1n) is 5.75. The summed E-state index contributed by atoms with van der Waals surface area (Å²) in [5.41, 5.74) is -0.952. The van der Waals surface area contributed by atoms with Crippen LogP contribution in [0.2, 0.25) is 0 Å². The van der Waals surface area contributed by atoms with E-state index in [1.165, 1.54) is 27.0 Å². The number of halogens is 1. The summed E-state index contributed by atoms with van der Waals surface area (Å²) in [7, 11) is 1.34. The Balaban J connectivity index is 2.50. The van der Waals surface area contributed by atoms with Gasteiger partial charge in [0, 0.05) is 11.6 Å². The molecule has 0 aromatic heterocycles. The standard InChI is InChI=1S/C13H15FO5/c1-13(2,12(15)16)5-7-10(14)8(17-3)4-9-11(7)19-6-18-9/h4H,5-6H2,1-3H3,(H,15,16). The van der Waals surface area contributed by atoms with Crippen molar-refractivity contribution >= 4 is 5.97 Å². The maximum absolute atomic E-state index is 14.3. The summed E-state index contributed by atoms with van der Waals surface area (Å²) in [6.07, 6.45) is -0.0168. The van der Waals surface area contributed by atoms with Crippen LogP contribution in [0.5, 0.6) is 17.2 Å². The largest absolute Gasteiger partial charge is 0.494 e. The molecule has 0 unspecified atom stereocenters. The molecule has 0 atom stereocenters. The number of carboxylic acids is 1. The molecule has 0 amide bonds. The molecule has 1 aromatic carbocycles. The molecular weight excluding hydrogens is 255 g/mol. The number of hydrogen-bond donors (Lipinski definition) is 1. The summed E-state index contributed by atoms with van der Waals surface area (Å²) in [5, 5.41) is 9.14. The lowest BCUT2D eigenvalue weighted by Crippen LogP contribution is -2.26. The molecule has 2 rings (SSSR count). The summed E-state index contributed by atoms with van der Waals surface area (Å²) in [4.78, 5) is 11.2. The molecule has 0 aliphatic carbocycles. The van der Waals surface area contributed by atoms with Crippen LogP contribution in [0, 0.1) is 11.2 Å². The van der Waals surface area contributed by atoms with Crippen LogP contribution in [-0.2, 0) is 11.2 Å². The van der Waals surface area contributed by atoms with Crippen molar-refractivity contribution in [3.63, 3.8) is 0 Å². The highest BCUT2D eigenvalue weighted by atomic mass is 19.1. The minimum absolute atomic E-state index is 0.0115. The number of benzene rings is 1. The molecule has 0 spiro atoms. The molecule has 5 nitrogen and oxygen atoms in total. The number of aliphatic carboxylic acids is 1. The number of rotatable bonds is 4. The van der Waals surface area contributed by atoms with Crippen molar-refractivity contribution in [3.8, 4) is 17.2 Å². The third-order valence-corrected chi connectivity index (χ3v) is 3.08. The number of fused-ring (bicyclic) bond motifs is 1. The van der Waals surface area contributed by atoms with Crippen LogP contribution in [0.25, 0.3) is 0 Å². The minimum atomic E-state index is -1.12. The fourth-order valence-corrected chi connectivity index (χ4v) is 1.89. The van der Waals surface area contributed by atoms with Crippen LogP contribution in [0.4, 0.5) is 4.39 Å². The van der Waals surface area contributed by atoms with Crippen molar-refractivity contribution in [2.24, 2.45) is 5.41 Å². The Hall–Kier alpha value is -1.98. The highest BCUT2D eigenvalue weighted by Gasteiger charge is 2.34. The lowest BCUT2D eigenvalue weighted by molar-refractivity contribution is -0.146. The molecule has 1 aromatic rings. The van der Waals surface area contributed by atoms with E-state index in [4.69, 9.17) is 19.3 Å². The van der Waals surface area contributed by atoms with Gasteiger partial charge in [-0.1, -0.05) is 0 Å². The van der Waals surface area contributed by atoms with E-state index in [2.05, 4.69) is 0 Å². The summed E-state index contributed by atoms with van der Waals surface area (Å²) in [5.74, 6) is -0.981. The van der Waals surface area contributed by atoms with Gasteiger partial charge < -0.3 is 19.3 Å². The molecule has 0 radical (unpaired) electrons. The Morgan fingerprint density at radius 3 is 2.79 bits per heavy atom. The van der Waals surface area contributed by atoms with Gasteiger partial charge in [0.25, 0.3) is 0 Å². The average molecular weight is 270 g/mol. The van der Waals surface area contributed by atoms with Gasteiger partial charge in [0.2, 0.25) is 6.79 Å². The first-order valence-corrected chi connectivity index (χ1v) is 5.75. The Morgan fingerprint density at radius 2 is 2.21 bits per heavy atom. The van der Waals surface area contributed by atoms with Gasteiger partial charge in [-0.3, -0.25) is 4.79 Å². The molecular formula is C13H15FO5. The smallest absolute Gasteiger partial charge is 0.309 e. The van der Waals surface area contributed by atoms with Gasteiger partial charge in [-0.25, -0.2) is 4.39 Å². The molecule has 6 heteroatoms. The van der Waals surface area contributed by atoms with Crippen molar-refractivity contribution in [2.75, 3.05) is 13.9 Å². The second-order valence-electron chi connectivity index (χ2n) is 4.97. The van der Waals surface area contributed by atoms with E-state index < -0.39 is 17.2 Å². The van der Waals surface area contributed by atoms with E-state index in [1.807, 2.05) is 0 Å². The van der Waals surface area contributed by atoms with Gasteiger partial charge in [-0.05, 0) is 20.3 Å². The molecule has 19 heavy (non-hydrogen) atoms. The molecule has 0 bridgehead atoms. The minimum Gasteiger partial charge on any atom is -0.494 e. The predicted molar refractivity (Wildman–Crippen MR) is 64.2 cm³/mol. The zero-order chi connectivity index (χ0) is 14.2. The second-order valence-corrected chi connectivity index (χ2v) is 4.97. The Labute approximate surface area is 109 Å². The fraction of sp³-hybridized carbons (Fsp3) is 0.462. The lowest BCUT2D eigenvalue weighted by Gasteiger charge is -2.21. The third-order valence-electron chi connectivity index (χ3n) is 3.08. The molecule has 104 valence electrons. The first-order chi connectivity index (χ1) is 8.86. The van der Waals surface area contributed by atoms with E-state index in [1.54, 1.807) is 0 Å². The molecule has 1 aliphatic heterocycles. The highest BCUT2D eigenvalue weighted by Crippen LogP contribution is 2.43. The van der Waals surface area contributed by atoms with Crippen molar-refractivity contribution < 1.29 is 28.5 Å². The first kappa shape index (κ1) is 13.5. The summed E-state index contributed by atoms with van der Waals surface area (Å²) >= 11 is 0. The van der Waals surface area contributed by atoms with Crippen molar-refractivity contribution in [1.29, 1.82) is 0 Å². The number of hydrogen-bond acceptors (Lipinski definition) is 4. The quantitative estimate of drug-likeness (QED) is 0.908. The zero-order valence-electron chi connectivity index (χ0n) is 10.9. The molecule has 0 fully saturated rings. The molecule has 0 saturated carbocycles. The summed E-state index contributed by atoms with van der Waals surface area (Å²) in [6, 6.07) is 1.40. The van der Waals surface area contributed by atoms with Crippen LogP contribution in [0.1, 0.15) is 19.4 Å².